The first-order valence-electron chi connectivity index (χ1n) is 10.9. The summed E-state index contributed by atoms with van der Waals surface area (Å²) in [7, 11) is 5.95. The molecule has 0 aliphatic rings. The molecule has 10 nitrogen and oxygen atoms in total. The molecule has 192 valence electrons. The van der Waals surface area contributed by atoms with Crippen molar-refractivity contribution >= 4 is 35.5 Å². The molecule has 0 atom stereocenters. The lowest BCUT2D eigenvalue weighted by Gasteiger charge is -2.13. The Morgan fingerprint density at radius 1 is 0.811 bits per heavy atom. The molecule has 0 aromatic heterocycles. The number of carbonyl (C=O) groups is 1. The minimum absolute atomic E-state index is 0.0433. The standard InChI is InChI=1S/C27H26N2O8/c1-34-23-15-19(16-24(35-2)27(23)37-4)6-5-18-13-21(26(36-3)22(30)14-18)28-25(31)12-9-17-7-10-20(11-8-17)29(32)33/h5-16,30H,1-4H3,(H,28,31)/b6-5+,12-9+. The molecule has 3 aromatic rings. The smallest absolute Gasteiger partial charge is 0.269 e. The number of nitrogens with one attached hydrogen (secondary N) is 1. The Morgan fingerprint density at radius 3 is 1.89 bits per heavy atom. The highest BCUT2D eigenvalue weighted by Gasteiger charge is 2.14. The number of nitrogens with zero attached hydrogens (tertiary/aromatic N) is 1. The number of aromatic hydroxyl groups is 1. The zero-order chi connectivity index (χ0) is 26.9. The maximum atomic E-state index is 12.5. The number of methoxy groups -OCH3 is 4. The molecule has 2 N–H and O–H groups in total. The second-order valence-electron chi connectivity index (χ2n) is 7.58. The molecular weight excluding hydrogens is 480 g/mol. The number of nitro groups is 1. The third-order valence-electron chi connectivity index (χ3n) is 5.24. The molecule has 37 heavy (non-hydrogen) atoms. The highest BCUT2D eigenvalue weighted by Crippen LogP contribution is 2.39. The molecule has 0 spiro atoms. The average Bonchev–Trinajstić information content (AvgIpc) is 2.90. The number of hydrogen-bond donors (Lipinski definition) is 2. The van der Waals surface area contributed by atoms with Crippen molar-refractivity contribution in [3.05, 3.63) is 81.4 Å². The first-order valence-corrected chi connectivity index (χ1v) is 10.9. The van der Waals surface area contributed by atoms with Crippen LogP contribution >= 0.6 is 0 Å². The maximum Gasteiger partial charge on any atom is 0.269 e. The lowest BCUT2D eigenvalue weighted by molar-refractivity contribution is -0.384. The number of phenols is 1. The van der Waals surface area contributed by atoms with Gasteiger partial charge in [-0.3, -0.25) is 14.9 Å². The summed E-state index contributed by atoms with van der Waals surface area (Å²) in [6, 6.07) is 12.4. The summed E-state index contributed by atoms with van der Waals surface area (Å²) in [5, 5.41) is 23.9. The van der Waals surface area contributed by atoms with Crippen molar-refractivity contribution in [3.63, 3.8) is 0 Å². The molecule has 3 rings (SSSR count). The van der Waals surface area contributed by atoms with Crippen LogP contribution in [0.25, 0.3) is 18.2 Å². The van der Waals surface area contributed by atoms with Crippen molar-refractivity contribution in [1.29, 1.82) is 0 Å². The van der Waals surface area contributed by atoms with Gasteiger partial charge in [-0.25, -0.2) is 0 Å². The molecule has 0 unspecified atom stereocenters. The van der Waals surface area contributed by atoms with E-state index in [2.05, 4.69) is 5.32 Å². The number of phenolic OH excluding ortho intramolecular Hbond substituents is 1. The number of non-ortho nitro benzene ring substituents is 1. The van der Waals surface area contributed by atoms with Crippen molar-refractivity contribution in [2.75, 3.05) is 33.8 Å². The second-order valence-corrected chi connectivity index (χ2v) is 7.58. The Labute approximate surface area is 213 Å². The minimum atomic E-state index is -0.498. The third kappa shape index (κ3) is 6.57. The van der Waals surface area contributed by atoms with E-state index in [9.17, 15) is 20.0 Å². The zero-order valence-electron chi connectivity index (χ0n) is 20.7. The van der Waals surface area contributed by atoms with E-state index in [0.29, 0.717) is 28.4 Å². The summed E-state index contributed by atoms with van der Waals surface area (Å²) in [5.41, 5.74) is 2.16. The molecule has 1 amide bonds. The molecule has 10 heteroatoms. The SMILES string of the molecule is COc1cc(/C=C/c2cc(O)c(OC)c(NC(=O)/C=C/c3ccc([N+](=O)[O-])cc3)c2)cc(OC)c1OC. The van der Waals surface area contributed by atoms with E-state index in [4.69, 9.17) is 18.9 Å². The van der Waals surface area contributed by atoms with Crippen LogP contribution in [-0.4, -0.2) is 44.4 Å². The summed E-state index contributed by atoms with van der Waals surface area (Å²) < 4.78 is 21.3. The van der Waals surface area contributed by atoms with Crippen LogP contribution in [0.2, 0.25) is 0 Å². The molecule has 0 bridgehead atoms. The molecule has 0 heterocycles. The number of hydrogen-bond acceptors (Lipinski definition) is 8. The molecule has 0 aliphatic heterocycles. The number of carbonyl (C=O) groups excluding carboxylic acids is 1. The maximum absolute atomic E-state index is 12.5. The van der Waals surface area contributed by atoms with Gasteiger partial charge in [-0.2, -0.15) is 0 Å². The van der Waals surface area contributed by atoms with E-state index >= 15 is 0 Å². The van der Waals surface area contributed by atoms with Crippen LogP contribution in [0.15, 0.2) is 54.6 Å². The number of anilines is 1. The van der Waals surface area contributed by atoms with Gasteiger partial charge in [-0.05, 0) is 59.2 Å². The summed E-state index contributed by atoms with van der Waals surface area (Å²) in [6.45, 7) is 0. The van der Waals surface area contributed by atoms with Gasteiger partial charge < -0.3 is 29.4 Å². The number of nitro benzene ring substituents is 1. The summed E-state index contributed by atoms with van der Waals surface area (Å²) >= 11 is 0. The number of amides is 1. The van der Waals surface area contributed by atoms with Gasteiger partial charge >= 0.3 is 0 Å². The molecule has 0 aliphatic carbocycles. The van der Waals surface area contributed by atoms with Gasteiger partial charge in [0.1, 0.15) is 0 Å². The van der Waals surface area contributed by atoms with E-state index < -0.39 is 10.8 Å². The third-order valence-corrected chi connectivity index (χ3v) is 5.24. The van der Waals surface area contributed by atoms with Gasteiger partial charge in [0.25, 0.3) is 5.69 Å². The lowest BCUT2D eigenvalue weighted by atomic mass is 10.1. The topological polar surface area (TPSA) is 129 Å². The fourth-order valence-corrected chi connectivity index (χ4v) is 3.48. The van der Waals surface area contributed by atoms with E-state index in [1.54, 1.807) is 30.4 Å². The number of benzene rings is 3. The molecule has 0 saturated heterocycles. The van der Waals surface area contributed by atoms with Gasteiger partial charge in [0.15, 0.2) is 23.0 Å². The van der Waals surface area contributed by atoms with Gasteiger partial charge in [0.2, 0.25) is 11.7 Å². The predicted molar refractivity (Wildman–Crippen MR) is 140 cm³/mol. The molecule has 3 aromatic carbocycles. The van der Waals surface area contributed by atoms with Crippen molar-refractivity contribution in [2.45, 2.75) is 0 Å². The first kappa shape index (κ1) is 26.6. The number of ether oxygens (including phenoxy) is 4. The van der Waals surface area contributed by atoms with Crippen molar-refractivity contribution in [3.8, 4) is 28.7 Å². The summed E-state index contributed by atoms with van der Waals surface area (Å²) in [5.74, 6) is 0.905. The molecule has 0 radical (unpaired) electrons. The molecule has 0 fully saturated rings. The van der Waals surface area contributed by atoms with Crippen molar-refractivity contribution in [1.82, 2.24) is 0 Å². The predicted octanol–water partition coefficient (Wildman–Crippen LogP) is 5.16. The van der Waals surface area contributed by atoms with Crippen LogP contribution < -0.4 is 24.3 Å². The van der Waals surface area contributed by atoms with Crippen LogP contribution in [0.3, 0.4) is 0 Å². The Hall–Kier alpha value is -4.99. The average molecular weight is 507 g/mol. The fourth-order valence-electron chi connectivity index (χ4n) is 3.48. The van der Waals surface area contributed by atoms with Crippen LogP contribution in [0, 0.1) is 10.1 Å². The van der Waals surface area contributed by atoms with Gasteiger partial charge in [0.05, 0.1) is 39.0 Å². The van der Waals surface area contributed by atoms with E-state index in [-0.39, 0.29) is 22.9 Å². The quantitative estimate of drug-likeness (QED) is 0.167. The molecule has 0 saturated carbocycles. The highest BCUT2D eigenvalue weighted by molar-refractivity contribution is 6.03. The van der Waals surface area contributed by atoms with Crippen molar-refractivity contribution < 1.29 is 33.8 Å². The Bertz CT molecular complexity index is 1320. The largest absolute Gasteiger partial charge is 0.504 e. The van der Waals surface area contributed by atoms with Gasteiger partial charge in [0, 0.05) is 18.2 Å². The van der Waals surface area contributed by atoms with Gasteiger partial charge in [-0.15, -0.1) is 0 Å². The Kier molecular flexibility index (Phi) is 8.71. The van der Waals surface area contributed by atoms with E-state index in [1.807, 2.05) is 0 Å². The molecular formula is C27H26N2O8. The van der Waals surface area contributed by atoms with Gasteiger partial charge in [-0.1, -0.05) is 12.2 Å². The number of rotatable bonds is 10. The van der Waals surface area contributed by atoms with Crippen LogP contribution in [0.4, 0.5) is 11.4 Å². The summed E-state index contributed by atoms with van der Waals surface area (Å²) in [6.07, 6.45) is 6.31. The van der Waals surface area contributed by atoms with Crippen LogP contribution in [0.1, 0.15) is 16.7 Å². The minimum Gasteiger partial charge on any atom is -0.504 e. The van der Waals surface area contributed by atoms with Crippen molar-refractivity contribution in [2.24, 2.45) is 0 Å². The zero-order valence-corrected chi connectivity index (χ0v) is 20.7. The monoisotopic (exact) mass is 506 g/mol. The Morgan fingerprint density at radius 2 is 1.38 bits per heavy atom. The van der Waals surface area contributed by atoms with Crippen LogP contribution in [-0.2, 0) is 4.79 Å². The normalized spacial score (nSPS) is 10.9. The Balaban J connectivity index is 1.84. The lowest BCUT2D eigenvalue weighted by Crippen LogP contribution is -2.09. The first-order chi connectivity index (χ1) is 17.8. The summed E-state index contributed by atoms with van der Waals surface area (Å²) in [4.78, 5) is 22.8. The van der Waals surface area contributed by atoms with Crippen LogP contribution in [0.5, 0.6) is 28.7 Å². The highest BCUT2D eigenvalue weighted by atomic mass is 16.6. The fraction of sp³-hybridized carbons (Fsp3) is 0.148. The van der Waals surface area contributed by atoms with E-state index in [1.165, 1.54) is 70.9 Å². The second kappa shape index (κ2) is 12.1. The van der Waals surface area contributed by atoms with E-state index in [0.717, 1.165) is 5.56 Å².